The third-order valence-corrected chi connectivity index (χ3v) is 7.10. The molecule has 0 fully saturated rings. The lowest BCUT2D eigenvalue weighted by molar-refractivity contribution is -0.119. The Bertz CT molecular complexity index is 1200. The first-order chi connectivity index (χ1) is 14.9. The number of nitrogens with zero attached hydrogens (tertiary/aromatic N) is 2. The maximum absolute atomic E-state index is 12.6. The lowest BCUT2D eigenvalue weighted by Gasteiger charge is -2.10. The van der Waals surface area contributed by atoms with Gasteiger partial charge in [0.05, 0.1) is 0 Å². The van der Waals surface area contributed by atoms with E-state index in [9.17, 15) is 26.4 Å². The summed E-state index contributed by atoms with van der Waals surface area (Å²) in [7, 11) is -8.66. The number of azo groups is 1. The van der Waals surface area contributed by atoms with Crippen LogP contribution in [0.3, 0.4) is 0 Å². The maximum atomic E-state index is 12.6. The molecule has 172 valence electrons. The molecule has 32 heavy (non-hydrogen) atoms. The normalized spacial score (nSPS) is 12.0. The standard InChI is InChI=1S/C18H18Cl2N4O6S2/c1-3-17(25)23-31(27,28)15-9-11(19)5-7-13(15)21-22-14-8-6-12(20)10-16(14)32(29,30)24-18(26)4-2/h5-10H,3-4H2,1-2H3,(H,23,25)(H,24,26). The van der Waals surface area contributed by atoms with Gasteiger partial charge in [-0.3, -0.25) is 9.59 Å². The predicted molar refractivity (Wildman–Crippen MR) is 118 cm³/mol. The molecule has 0 bridgehead atoms. The summed E-state index contributed by atoms with van der Waals surface area (Å²) in [5.41, 5.74) is -0.414. The van der Waals surface area contributed by atoms with Crippen LogP contribution < -0.4 is 9.44 Å². The molecule has 2 rings (SSSR count). The van der Waals surface area contributed by atoms with Crippen LogP contribution in [0.5, 0.6) is 0 Å². The average Bonchev–Trinajstić information content (AvgIpc) is 2.72. The van der Waals surface area contributed by atoms with E-state index in [1.54, 1.807) is 0 Å². The first-order valence-electron chi connectivity index (χ1n) is 9.01. The summed E-state index contributed by atoms with van der Waals surface area (Å²) in [6.45, 7) is 2.95. The second-order valence-electron chi connectivity index (χ2n) is 6.19. The maximum Gasteiger partial charge on any atom is 0.266 e. The average molecular weight is 521 g/mol. The quantitative estimate of drug-likeness (QED) is 0.504. The van der Waals surface area contributed by atoms with E-state index in [-0.39, 0.29) is 34.3 Å². The topological polar surface area (TPSA) is 151 Å². The Labute approximate surface area is 195 Å². The molecule has 0 saturated heterocycles. The number of nitrogens with one attached hydrogen (secondary N) is 2. The van der Waals surface area contributed by atoms with Crippen LogP contribution in [-0.4, -0.2) is 28.6 Å². The fourth-order valence-electron chi connectivity index (χ4n) is 2.23. The Balaban J connectivity index is 2.56. The van der Waals surface area contributed by atoms with Gasteiger partial charge in [-0.1, -0.05) is 37.0 Å². The van der Waals surface area contributed by atoms with E-state index < -0.39 is 41.7 Å². The van der Waals surface area contributed by atoms with Crippen LogP contribution in [-0.2, 0) is 29.6 Å². The molecule has 0 aromatic heterocycles. The van der Waals surface area contributed by atoms with Crippen molar-refractivity contribution in [3.8, 4) is 0 Å². The van der Waals surface area contributed by atoms with Gasteiger partial charge in [-0.05, 0) is 36.4 Å². The minimum atomic E-state index is -4.33. The Morgan fingerprint density at radius 3 is 1.41 bits per heavy atom. The van der Waals surface area contributed by atoms with Crippen molar-refractivity contribution >= 4 is 66.4 Å². The summed E-state index contributed by atoms with van der Waals surface area (Å²) < 4.78 is 54.0. The highest BCUT2D eigenvalue weighted by molar-refractivity contribution is 7.90. The number of rotatable bonds is 8. The van der Waals surface area contributed by atoms with Crippen LogP contribution in [0.2, 0.25) is 10.0 Å². The second-order valence-corrected chi connectivity index (χ2v) is 10.4. The summed E-state index contributed by atoms with van der Waals surface area (Å²) in [5.74, 6) is -1.49. The fourth-order valence-corrected chi connectivity index (χ4v) is 5.15. The Morgan fingerprint density at radius 2 is 1.09 bits per heavy atom. The highest BCUT2D eigenvalue weighted by atomic mass is 35.5. The fraction of sp³-hybridized carbons (Fsp3) is 0.222. The van der Waals surface area contributed by atoms with Crippen molar-refractivity contribution in [2.45, 2.75) is 36.5 Å². The summed E-state index contributed by atoms with van der Waals surface area (Å²) >= 11 is 11.8. The molecule has 14 heteroatoms. The number of carbonyl (C=O) groups excluding carboxylic acids is 2. The van der Waals surface area contributed by atoms with Crippen molar-refractivity contribution in [3.05, 3.63) is 46.4 Å². The van der Waals surface area contributed by atoms with Crippen LogP contribution in [0.4, 0.5) is 11.4 Å². The van der Waals surface area contributed by atoms with Gasteiger partial charge in [0.1, 0.15) is 21.2 Å². The molecule has 2 aromatic rings. The van der Waals surface area contributed by atoms with E-state index in [2.05, 4.69) is 10.2 Å². The first-order valence-corrected chi connectivity index (χ1v) is 12.7. The molecular formula is C18H18Cl2N4O6S2. The molecule has 0 atom stereocenters. The smallest absolute Gasteiger partial charge is 0.266 e. The largest absolute Gasteiger partial charge is 0.274 e. The van der Waals surface area contributed by atoms with E-state index in [0.717, 1.165) is 12.1 Å². The number of halogens is 2. The monoisotopic (exact) mass is 520 g/mol. The number of sulfonamides is 2. The molecule has 0 aliphatic heterocycles. The van der Waals surface area contributed by atoms with Gasteiger partial charge in [0.25, 0.3) is 20.0 Å². The SMILES string of the molecule is CCC(=O)NS(=O)(=O)c1cc(Cl)ccc1N=Nc1ccc(Cl)cc1S(=O)(=O)NC(=O)CC. The third-order valence-electron chi connectivity index (χ3n) is 3.83. The molecule has 2 N–H and O–H groups in total. The van der Waals surface area contributed by atoms with Crippen molar-refractivity contribution in [2.75, 3.05) is 0 Å². The second kappa shape index (κ2) is 10.4. The highest BCUT2D eigenvalue weighted by Gasteiger charge is 2.23. The van der Waals surface area contributed by atoms with Gasteiger partial charge in [0, 0.05) is 22.9 Å². The van der Waals surface area contributed by atoms with Crippen LogP contribution in [0, 0.1) is 0 Å². The number of hydrogen-bond acceptors (Lipinski definition) is 8. The van der Waals surface area contributed by atoms with E-state index in [4.69, 9.17) is 23.2 Å². The summed E-state index contributed by atoms with van der Waals surface area (Å²) in [6.07, 6.45) is -0.155. The molecule has 10 nitrogen and oxygen atoms in total. The zero-order chi connectivity index (χ0) is 24.1. The van der Waals surface area contributed by atoms with Crippen LogP contribution in [0.1, 0.15) is 26.7 Å². The molecule has 0 aliphatic carbocycles. The van der Waals surface area contributed by atoms with Crippen molar-refractivity contribution in [2.24, 2.45) is 10.2 Å². The minimum Gasteiger partial charge on any atom is -0.274 e. The zero-order valence-corrected chi connectivity index (χ0v) is 19.9. The molecule has 0 heterocycles. The van der Waals surface area contributed by atoms with Crippen molar-refractivity contribution in [1.82, 2.24) is 9.44 Å². The molecule has 0 aliphatic rings. The van der Waals surface area contributed by atoms with Crippen LogP contribution >= 0.6 is 23.2 Å². The summed E-state index contributed by atoms with van der Waals surface area (Å²) in [6, 6.07) is 7.30. The van der Waals surface area contributed by atoms with Crippen LogP contribution in [0.15, 0.2) is 56.4 Å². The van der Waals surface area contributed by atoms with E-state index in [0.29, 0.717) is 0 Å². The van der Waals surface area contributed by atoms with Crippen molar-refractivity contribution in [3.63, 3.8) is 0 Å². The van der Waals surface area contributed by atoms with E-state index >= 15 is 0 Å². The van der Waals surface area contributed by atoms with Gasteiger partial charge in [-0.2, -0.15) is 0 Å². The summed E-state index contributed by atoms with van der Waals surface area (Å²) in [4.78, 5) is 22.3. The zero-order valence-electron chi connectivity index (χ0n) is 16.8. The third kappa shape index (κ3) is 6.48. The van der Waals surface area contributed by atoms with Crippen molar-refractivity contribution < 1.29 is 26.4 Å². The molecular weight excluding hydrogens is 503 g/mol. The van der Waals surface area contributed by atoms with Gasteiger partial charge in [-0.15, -0.1) is 10.2 Å². The Hall–Kier alpha value is -2.54. The Morgan fingerprint density at radius 1 is 0.750 bits per heavy atom. The molecule has 0 unspecified atom stereocenters. The lowest BCUT2D eigenvalue weighted by Crippen LogP contribution is -2.30. The van der Waals surface area contributed by atoms with Gasteiger partial charge in [0.2, 0.25) is 11.8 Å². The van der Waals surface area contributed by atoms with Gasteiger partial charge < -0.3 is 0 Å². The summed E-state index contributed by atoms with van der Waals surface area (Å²) in [5, 5.41) is 7.79. The lowest BCUT2D eigenvalue weighted by atomic mass is 10.3. The van der Waals surface area contributed by atoms with Crippen molar-refractivity contribution in [1.29, 1.82) is 0 Å². The highest BCUT2D eigenvalue weighted by Crippen LogP contribution is 2.32. The number of amides is 2. The van der Waals surface area contributed by atoms with E-state index in [1.165, 1.54) is 38.1 Å². The molecule has 2 aromatic carbocycles. The van der Waals surface area contributed by atoms with Gasteiger partial charge >= 0.3 is 0 Å². The van der Waals surface area contributed by atoms with Gasteiger partial charge in [-0.25, -0.2) is 26.3 Å². The molecule has 0 spiro atoms. The molecule has 2 amide bonds. The Kier molecular flexibility index (Phi) is 8.35. The molecule has 0 radical (unpaired) electrons. The van der Waals surface area contributed by atoms with Gasteiger partial charge in [0.15, 0.2) is 0 Å². The van der Waals surface area contributed by atoms with E-state index in [1.807, 2.05) is 9.44 Å². The minimum absolute atomic E-state index is 0.0605. The van der Waals surface area contributed by atoms with Crippen LogP contribution in [0.25, 0.3) is 0 Å². The first kappa shape index (κ1) is 25.7. The predicted octanol–water partition coefficient (Wildman–Crippen LogP) is 3.84. The number of hydrogen-bond donors (Lipinski definition) is 2. The molecule has 0 saturated carbocycles. The number of benzene rings is 2. The number of carbonyl (C=O) groups is 2.